The highest BCUT2D eigenvalue weighted by atomic mass is 19.2. The van der Waals surface area contributed by atoms with Gasteiger partial charge in [0.25, 0.3) is 0 Å². The maximum absolute atomic E-state index is 13.1. The number of nitrogens with one attached hydrogen (secondary N) is 1. The number of carbonyl (C=O) groups excluding carboxylic acids is 1. The molecular weight excluding hydrogens is 304 g/mol. The average molecular weight is 323 g/mol. The molecule has 1 unspecified atom stereocenters. The second kappa shape index (κ2) is 6.87. The van der Waals surface area contributed by atoms with Crippen LogP contribution in [0.1, 0.15) is 24.5 Å². The Morgan fingerprint density at radius 2 is 2.13 bits per heavy atom. The SMILES string of the molecule is Cn1cc(C(C)(O)CNC(=O)CCc2ccc(F)c(F)c2)cn1. The van der Waals surface area contributed by atoms with Crippen molar-refractivity contribution in [3.63, 3.8) is 0 Å². The van der Waals surface area contributed by atoms with E-state index in [4.69, 9.17) is 0 Å². The fraction of sp³-hybridized carbons (Fsp3) is 0.375. The number of rotatable bonds is 6. The molecule has 2 aromatic rings. The summed E-state index contributed by atoms with van der Waals surface area (Å²) in [6, 6.07) is 3.56. The van der Waals surface area contributed by atoms with E-state index in [2.05, 4.69) is 10.4 Å². The lowest BCUT2D eigenvalue weighted by molar-refractivity contribution is -0.122. The molecule has 124 valence electrons. The van der Waals surface area contributed by atoms with Crippen LogP contribution in [-0.2, 0) is 23.9 Å². The van der Waals surface area contributed by atoms with Crippen LogP contribution in [0.25, 0.3) is 0 Å². The standard InChI is InChI=1S/C16H19F2N3O2/c1-16(23,12-8-20-21(2)9-12)10-19-15(22)6-4-11-3-5-13(17)14(18)7-11/h3,5,7-9,23H,4,6,10H2,1-2H3,(H,19,22). The van der Waals surface area contributed by atoms with Crippen molar-refractivity contribution in [2.24, 2.45) is 7.05 Å². The molecule has 2 N–H and O–H groups in total. The Labute approximate surface area is 132 Å². The van der Waals surface area contributed by atoms with Gasteiger partial charge in [-0.2, -0.15) is 5.10 Å². The molecule has 1 heterocycles. The minimum atomic E-state index is -1.23. The summed E-state index contributed by atoms with van der Waals surface area (Å²) in [5.41, 5.74) is -0.0923. The summed E-state index contributed by atoms with van der Waals surface area (Å²) in [5, 5.41) is 17.0. The quantitative estimate of drug-likeness (QED) is 0.849. The lowest BCUT2D eigenvalue weighted by atomic mass is 9.99. The third-order valence-corrected chi connectivity index (χ3v) is 3.58. The van der Waals surface area contributed by atoms with Crippen LogP contribution >= 0.6 is 0 Å². The summed E-state index contributed by atoms with van der Waals surface area (Å²) in [6.45, 7) is 1.62. The van der Waals surface area contributed by atoms with Gasteiger partial charge in [-0.15, -0.1) is 0 Å². The number of carbonyl (C=O) groups is 1. The highest BCUT2D eigenvalue weighted by Gasteiger charge is 2.25. The fourth-order valence-corrected chi connectivity index (χ4v) is 2.11. The number of nitrogens with zero attached hydrogens (tertiary/aromatic N) is 2. The summed E-state index contributed by atoms with van der Waals surface area (Å²) >= 11 is 0. The van der Waals surface area contributed by atoms with Gasteiger partial charge < -0.3 is 10.4 Å². The van der Waals surface area contributed by atoms with Crippen LogP contribution in [0.3, 0.4) is 0 Å². The molecule has 1 amide bonds. The number of halogens is 2. The molecule has 0 fully saturated rings. The molecule has 0 aliphatic rings. The van der Waals surface area contributed by atoms with Gasteiger partial charge in [-0.05, 0) is 31.0 Å². The Bertz CT molecular complexity index is 698. The van der Waals surface area contributed by atoms with Gasteiger partial charge in [0, 0.05) is 25.2 Å². The first-order chi connectivity index (χ1) is 10.8. The van der Waals surface area contributed by atoms with Gasteiger partial charge in [-0.1, -0.05) is 6.07 Å². The van der Waals surface area contributed by atoms with Gasteiger partial charge in [-0.3, -0.25) is 9.48 Å². The lowest BCUT2D eigenvalue weighted by Gasteiger charge is -2.22. The third-order valence-electron chi connectivity index (χ3n) is 3.58. The molecule has 23 heavy (non-hydrogen) atoms. The predicted octanol–water partition coefficient (Wildman–Crippen LogP) is 1.65. The molecule has 0 bridgehead atoms. The molecule has 0 saturated heterocycles. The maximum atomic E-state index is 13.1. The van der Waals surface area contributed by atoms with E-state index in [1.54, 1.807) is 24.9 Å². The first kappa shape index (κ1) is 17.1. The van der Waals surface area contributed by atoms with Crippen LogP contribution in [0.15, 0.2) is 30.6 Å². The van der Waals surface area contributed by atoms with Crippen molar-refractivity contribution in [1.29, 1.82) is 0 Å². The average Bonchev–Trinajstić information content (AvgIpc) is 2.94. The highest BCUT2D eigenvalue weighted by molar-refractivity contribution is 5.76. The van der Waals surface area contributed by atoms with Crippen molar-refractivity contribution in [2.45, 2.75) is 25.4 Å². The van der Waals surface area contributed by atoms with Crippen LogP contribution in [0, 0.1) is 11.6 Å². The van der Waals surface area contributed by atoms with E-state index in [1.807, 2.05) is 0 Å². The van der Waals surface area contributed by atoms with Gasteiger partial charge in [0.1, 0.15) is 5.60 Å². The molecule has 0 radical (unpaired) electrons. The van der Waals surface area contributed by atoms with Crippen LogP contribution in [0.4, 0.5) is 8.78 Å². The Balaban J connectivity index is 1.84. The molecular formula is C16H19F2N3O2. The minimum Gasteiger partial charge on any atom is -0.383 e. The van der Waals surface area contributed by atoms with E-state index in [-0.39, 0.29) is 25.3 Å². The van der Waals surface area contributed by atoms with E-state index >= 15 is 0 Å². The molecule has 7 heteroatoms. The number of aryl methyl sites for hydroxylation is 2. The first-order valence-electron chi connectivity index (χ1n) is 7.20. The molecule has 0 aliphatic heterocycles. The summed E-state index contributed by atoms with van der Waals surface area (Å²) in [7, 11) is 1.74. The van der Waals surface area contributed by atoms with Gasteiger partial charge in [0.05, 0.1) is 12.7 Å². The van der Waals surface area contributed by atoms with E-state index in [1.165, 1.54) is 12.3 Å². The first-order valence-corrected chi connectivity index (χ1v) is 7.20. The Kier molecular flexibility index (Phi) is 5.10. The van der Waals surface area contributed by atoms with Gasteiger partial charge >= 0.3 is 0 Å². The summed E-state index contributed by atoms with van der Waals surface area (Å²) in [6.07, 6.45) is 3.62. The van der Waals surface area contributed by atoms with E-state index < -0.39 is 17.2 Å². The normalized spacial score (nSPS) is 13.6. The molecule has 0 saturated carbocycles. The van der Waals surface area contributed by atoms with Crippen LogP contribution in [0.5, 0.6) is 0 Å². The largest absolute Gasteiger partial charge is 0.383 e. The van der Waals surface area contributed by atoms with Crippen molar-refractivity contribution in [2.75, 3.05) is 6.54 Å². The zero-order valence-electron chi connectivity index (χ0n) is 13.0. The number of hydrogen-bond acceptors (Lipinski definition) is 3. The second-order valence-corrected chi connectivity index (χ2v) is 5.70. The van der Waals surface area contributed by atoms with E-state index in [0.29, 0.717) is 11.1 Å². The molecule has 0 aliphatic carbocycles. The second-order valence-electron chi connectivity index (χ2n) is 5.70. The number of benzene rings is 1. The number of aliphatic hydroxyl groups is 1. The topological polar surface area (TPSA) is 67.2 Å². The zero-order valence-corrected chi connectivity index (χ0v) is 13.0. The van der Waals surface area contributed by atoms with Crippen molar-refractivity contribution in [3.8, 4) is 0 Å². The summed E-state index contributed by atoms with van der Waals surface area (Å²) in [4.78, 5) is 11.8. The minimum absolute atomic E-state index is 0.0370. The Morgan fingerprint density at radius 1 is 1.39 bits per heavy atom. The number of amides is 1. The van der Waals surface area contributed by atoms with Gasteiger partial charge in [0.2, 0.25) is 5.91 Å². The number of aromatic nitrogens is 2. The Hall–Kier alpha value is -2.28. The van der Waals surface area contributed by atoms with E-state index in [9.17, 15) is 18.7 Å². The molecule has 2 rings (SSSR count). The fourth-order valence-electron chi connectivity index (χ4n) is 2.11. The molecule has 1 aromatic carbocycles. The lowest BCUT2D eigenvalue weighted by Crippen LogP contribution is -2.38. The smallest absolute Gasteiger partial charge is 0.220 e. The monoisotopic (exact) mass is 323 g/mol. The van der Waals surface area contributed by atoms with Crippen molar-refractivity contribution in [3.05, 3.63) is 53.4 Å². The van der Waals surface area contributed by atoms with Crippen molar-refractivity contribution >= 4 is 5.91 Å². The van der Waals surface area contributed by atoms with Crippen molar-refractivity contribution < 1.29 is 18.7 Å². The third kappa shape index (κ3) is 4.59. The molecule has 0 spiro atoms. The van der Waals surface area contributed by atoms with Crippen molar-refractivity contribution in [1.82, 2.24) is 15.1 Å². The van der Waals surface area contributed by atoms with Crippen LogP contribution < -0.4 is 5.32 Å². The van der Waals surface area contributed by atoms with Gasteiger partial charge in [-0.25, -0.2) is 8.78 Å². The Morgan fingerprint density at radius 3 is 2.74 bits per heavy atom. The molecule has 5 nitrogen and oxygen atoms in total. The van der Waals surface area contributed by atoms with Gasteiger partial charge in [0.15, 0.2) is 11.6 Å². The predicted molar refractivity (Wildman–Crippen MR) is 80.5 cm³/mol. The maximum Gasteiger partial charge on any atom is 0.220 e. The highest BCUT2D eigenvalue weighted by Crippen LogP contribution is 2.18. The molecule has 1 atom stereocenters. The van der Waals surface area contributed by atoms with Crippen LogP contribution in [-0.4, -0.2) is 27.3 Å². The summed E-state index contributed by atoms with van der Waals surface area (Å²) < 4.78 is 27.5. The summed E-state index contributed by atoms with van der Waals surface area (Å²) in [5.74, 6) is -2.12. The zero-order chi connectivity index (χ0) is 17.0. The number of hydrogen-bond donors (Lipinski definition) is 2. The van der Waals surface area contributed by atoms with E-state index in [0.717, 1.165) is 12.1 Å². The van der Waals surface area contributed by atoms with Crippen LogP contribution in [0.2, 0.25) is 0 Å². The molecule has 1 aromatic heterocycles.